The molecular weight excluding hydrogens is 960 g/mol. The predicted octanol–water partition coefficient (Wildman–Crippen LogP) is 3.56. The third-order valence-electron chi connectivity index (χ3n) is 13.9. The Kier molecular flexibility index (Phi) is 16.6. The number of aliphatic hydroxyl groups is 1. The number of piperidine rings is 1. The highest BCUT2D eigenvalue weighted by molar-refractivity contribution is 7.13. The van der Waals surface area contributed by atoms with Crippen LogP contribution in [0.3, 0.4) is 0 Å². The van der Waals surface area contributed by atoms with Crippen molar-refractivity contribution in [3.63, 3.8) is 0 Å². The maximum Gasteiger partial charge on any atom is 0.248 e. The van der Waals surface area contributed by atoms with E-state index in [1.54, 1.807) is 54.7 Å². The van der Waals surface area contributed by atoms with Gasteiger partial charge in [0.15, 0.2) is 0 Å². The van der Waals surface area contributed by atoms with E-state index in [0.717, 1.165) is 44.1 Å². The summed E-state index contributed by atoms with van der Waals surface area (Å²) in [5, 5.41) is 21.1. The fourth-order valence-electron chi connectivity index (χ4n) is 9.61. The molecule has 5 amide bonds. The molecule has 3 aliphatic rings. The summed E-state index contributed by atoms with van der Waals surface area (Å²) in [6, 6.07) is 14.9. The third-order valence-corrected chi connectivity index (χ3v) is 15.2. The number of β-amino-alcohol motifs (C(OH)–C–C–N with tert-alkyl or cyclic N) is 1. The van der Waals surface area contributed by atoms with E-state index in [2.05, 4.69) is 45.7 Å². The number of H-pyrrole nitrogens is 1. The number of aromatic amines is 1. The lowest BCUT2D eigenvalue weighted by Crippen LogP contribution is -2.60. The van der Waals surface area contributed by atoms with E-state index in [1.165, 1.54) is 11.2 Å². The second kappa shape index (κ2) is 22.8. The lowest BCUT2D eigenvalue weighted by Gasteiger charge is -2.39. The molecule has 3 fully saturated rings. The first-order valence-electron chi connectivity index (χ1n) is 24.5. The molecule has 3 aromatic heterocycles. The lowest BCUT2D eigenvalue weighted by molar-refractivity contribution is -0.145. The number of nitrogens with zero attached hydrogens (tertiary/aromatic N) is 7. The molecule has 21 heteroatoms. The summed E-state index contributed by atoms with van der Waals surface area (Å²) < 4.78 is 5.60. The van der Waals surface area contributed by atoms with Gasteiger partial charge in [0, 0.05) is 76.5 Å². The summed E-state index contributed by atoms with van der Waals surface area (Å²) >= 11 is 7.80. The van der Waals surface area contributed by atoms with Crippen LogP contribution in [0.15, 0.2) is 72.6 Å². The standard InChI is InChI=1S/C51H65ClN12O7S/c1-32-43(72-31-58-32)35-7-5-33(6-8-35)26-55-47(68)40-25-37(65)27-64(40)48(69)44(50(2,3)4)60-41(66)28-71-29-42(67)62-23-21-61(22-24-62)18-14-39(34-9-11-36(52)12-10-34)59-49(70)51(53)15-19-63(20-16-51)46-38-13-17-54-45(38)56-30-57-46/h5-13,17,30-31,37,39-40,44,65H,14-16,18-29,53H2,1-4H3,(H,55,68)(H,59,70)(H,60,66)(H,54,56,57)/t37-,39+,40+,44-/m1/s1. The van der Waals surface area contributed by atoms with Crippen LogP contribution >= 0.6 is 22.9 Å². The maximum atomic E-state index is 14.1. The number of aromatic nitrogens is 4. The Labute approximate surface area is 428 Å². The maximum absolute atomic E-state index is 14.1. The van der Waals surface area contributed by atoms with Crippen molar-refractivity contribution in [3.8, 4) is 10.4 Å². The van der Waals surface area contributed by atoms with Crippen LogP contribution in [0.2, 0.25) is 5.02 Å². The number of amides is 5. The van der Waals surface area contributed by atoms with Crippen molar-refractivity contribution in [1.29, 1.82) is 0 Å². The average Bonchev–Trinajstić information content (AvgIpc) is 4.14. The number of ether oxygens (including phenoxy) is 1. The second-order valence-electron chi connectivity index (χ2n) is 20.1. The number of aryl methyl sites for hydroxylation is 1. The Bertz CT molecular complexity index is 2700. The molecule has 5 aromatic rings. The smallest absolute Gasteiger partial charge is 0.248 e. The Morgan fingerprint density at radius 2 is 1.67 bits per heavy atom. The molecule has 0 bridgehead atoms. The fraction of sp³-hybridized carbons (Fsp3) is 0.490. The number of fused-ring (bicyclic) bond motifs is 1. The molecule has 8 rings (SSSR count). The van der Waals surface area contributed by atoms with Gasteiger partial charge in [-0.1, -0.05) is 68.8 Å². The Morgan fingerprint density at radius 1 is 0.944 bits per heavy atom. The van der Waals surface area contributed by atoms with Crippen LogP contribution in [0.4, 0.5) is 5.82 Å². The summed E-state index contributed by atoms with van der Waals surface area (Å²) in [6.45, 7) is 10.6. The van der Waals surface area contributed by atoms with Gasteiger partial charge in [-0.2, -0.15) is 0 Å². The molecule has 6 heterocycles. The van der Waals surface area contributed by atoms with Crippen molar-refractivity contribution in [2.45, 2.75) is 89.7 Å². The number of nitrogens with one attached hydrogen (secondary N) is 4. The quantitative estimate of drug-likeness (QED) is 0.0782. The van der Waals surface area contributed by atoms with Crippen LogP contribution in [0.5, 0.6) is 0 Å². The minimum absolute atomic E-state index is 0.0564. The van der Waals surface area contributed by atoms with Gasteiger partial charge in [0.2, 0.25) is 29.5 Å². The Balaban J connectivity index is 0.774. The van der Waals surface area contributed by atoms with E-state index in [-0.39, 0.29) is 44.0 Å². The number of hydrogen-bond acceptors (Lipinski definition) is 14. The van der Waals surface area contributed by atoms with Gasteiger partial charge >= 0.3 is 0 Å². The molecule has 3 aliphatic heterocycles. The molecule has 0 saturated carbocycles. The monoisotopic (exact) mass is 1020 g/mol. The molecule has 0 aliphatic carbocycles. The summed E-state index contributed by atoms with van der Waals surface area (Å²) in [5.74, 6) is -1.14. The average molecular weight is 1030 g/mol. The number of aliphatic hydroxyl groups excluding tert-OH is 1. The van der Waals surface area contributed by atoms with Gasteiger partial charge in [0.1, 0.15) is 43.1 Å². The molecule has 7 N–H and O–H groups in total. The van der Waals surface area contributed by atoms with E-state index >= 15 is 0 Å². The van der Waals surface area contributed by atoms with Gasteiger partial charge in [-0.3, -0.25) is 28.9 Å². The lowest BCUT2D eigenvalue weighted by atomic mass is 9.85. The van der Waals surface area contributed by atoms with Crippen LogP contribution < -0.4 is 26.6 Å². The van der Waals surface area contributed by atoms with Crippen molar-refractivity contribution in [2.24, 2.45) is 11.1 Å². The number of anilines is 1. The van der Waals surface area contributed by atoms with Crippen molar-refractivity contribution >= 4 is 69.3 Å². The Hall–Kier alpha value is -6.03. The van der Waals surface area contributed by atoms with E-state index in [9.17, 15) is 29.1 Å². The first-order valence-corrected chi connectivity index (χ1v) is 25.7. The van der Waals surface area contributed by atoms with E-state index in [1.807, 2.05) is 55.6 Å². The number of carbonyl (C=O) groups is 5. The van der Waals surface area contributed by atoms with E-state index in [4.69, 9.17) is 22.1 Å². The Morgan fingerprint density at radius 3 is 2.35 bits per heavy atom. The number of hydrogen-bond donors (Lipinski definition) is 6. The number of benzene rings is 2. The second-order valence-corrected chi connectivity index (χ2v) is 21.4. The van der Waals surface area contributed by atoms with Crippen molar-refractivity contribution in [1.82, 2.24) is 50.6 Å². The van der Waals surface area contributed by atoms with Crippen LogP contribution in [0.1, 0.15) is 69.3 Å². The van der Waals surface area contributed by atoms with Crippen LogP contribution in [-0.4, -0.2) is 159 Å². The number of carbonyl (C=O) groups excluding carboxylic acids is 5. The van der Waals surface area contributed by atoms with Crippen LogP contribution in [0, 0.1) is 12.3 Å². The summed E-state index contributed by atoms with van der Waals surface area (Å²) in [4.78, 5) is 92.9. The molecule has 19 nitrogen and oxygen atoms in total. The number of nitrogens with two attached hydrogens (primary N) is 1. The van der Waals surface area contributed by atoms with Crippen molar-refractivity contribution in [2.75, 3.05) is 70.5 Å². The number of thiazole rings is 1. The molecule has 3 saturated heterocycles. The minimum atomic E-state index is -1.06. The van der Waals surface area contributed by atoms with Gasteiger partial charge < -0.3 is 51.2 Å². The van der Waals surface area contributed by atoms with Crippen molar-refractivity contribution in [3.05, 3.63) is 94.5 Å². The minimum Gasteiger partial charge on any atom is -0.391 e. The zero-order valence-corrected chi connectivity index (χ0v) is 42.8. The topological polar surface area (TPSA) is 244 Å². The highest BCUT2D eigenvalue weighted by atomic mass is 35.5. The van der Waals surface area contributed by atoms with Crippen molar-refractivity contribution < 1.29 is 33.8 Å². The summed E-state index contributed by atoms with van der Waals surface area (Å²) in [5.41, 5.74) is 11.3. The number of likely N-dealkylation sites (tertiary alicyclic amines) is 1. The molecular formula is C51H65ClN12O7S. The summed E-state index contributed by atoms with van der Waals surface area (Å²) in [6.07, 6.45) is 4.01. The highest BCUT2D eigenvalue weighted by Gasteiger charge is 2.45. The molecule has 0 radical (unpaired) electrons. The van der Waals surface area contributed by atoms with Gasteiger partial charge in [-0.15, -0.1) is 11.3 Å². The number of halogens is 1. The highest BCUT2D eigenvalue weighted by Crippen LogP contribution is 2.31. The van der Waals surface area contributed by atoms with Crippen LogP contribution in [-0.2, 0) is 35.3 Å². The normalized spacial score (nSPS) is 19.2. The van der Waals surface area contributed by atoms with Crippen LogP contribution in [0.25, 0.3) is 21.5 Å². The van der Waals surface area contributed by atoms with Gasteiger partial charge in [0.05, 0.1) is 39.2 Å². The fourth-order valence-corrected chi connectivity index (χ4v) is 10.6. The number of rotatable bonds is 17. The first kappa shape index (κ1) is 52.3. The SMILES string of the molecule is Cc1ncsc1-c1ccc(CNC(=O)[C@@H]2C[C@@H](O)CN2C(=O)[C@@H](NC(=O)COCC(=O)N2CCN(CC[C@H](NC(=O)C3(N)CCN(c4ncnc5[nH]ccc45)CC3)c3ccc(Cl)cc3)CC2)C(C)(C)C)cc1. The summed E-state index contributed by atoms with van der Waals surface area (Å²) in [7, 11) is 0. The molecule has 72 heavy (non-hydrogen) atoms. The molecule has 384 valence electrons. The zero-order valence-electron chi connectivity index (χ0n) is 41.2. The first-order chi connectivity index (χ1) is 34.5. The largest absolute Gasteiger partial charge is 0.391 e. The predicted molar refractivity (Wildman–Crippen MR) is 275 cm³/mol. The van der Waals surface area contributed by atoms with E-state index in [0.29, 0.717) is 70.1 Å². The molecule has 0 unspecified atom stereocenters. The molecule has 4 atom stereocenters. The molecule has 0 spiro atoms. The van der Waals surface area contributed by atoms with Gasteiger partial charge in [0.25, 0.3) is 0 Å². The van der Waals surface area contributed by atoms with Gasteiger partial charge in [-0.25, -0.2) is 15.0 Å². The zero-order chi connectivity index (χ0) is 51.2. The third kappa shape index (κ3) is 12.6. The molecule has 2 aromatic carbocycles. The number of piperazine rings is 1. The van der Waals surface area contributed by atoms with E-state index < -0.39 is 53.5 Å². The van der Waals surface area contributed by atoms with Gasteiger partial charge in [-0.05, 0) is 66.5 Å².